The molecule has 6 heteroatoms. The van der Waals surface area contributed by atoms with Gasteiger partial charge < -0.3 is 5.11 Å². The van der Waals surface area contributed by atoms with Crippen molar-refractivity contribution in [2.24, 2.45) is 0 Å². The van der Waals surface area contributed by atoms with Crippen molar-refractivity contribution < 1.29 is 9.50 Å². The number of aromatic amines is 1. The van der Waals surface area contributed by atoms with E-state index in [4.69, 9.17) is 5.11 Å². The summed E-state index contributed by atoms with van der Waals surface area (Å²) in [4.78, 5) is 24.7. The SMILES string of the molecule is Cc1cn(C(CF)CCCO)c(=O)[nH]c1=O. The number of halogens is 1. The minimum Gasteiger partial charge on any atom is -0.396 e. The number of hydrogen-bond acceptors (Lipinski definition) is 3. The Morgan fingerprint density at radius 1 is 1.56 bits per heavy atom. The van der Waals surface area contributed by atoms with E-state index in [1.165, 1.54) is 10.8 Å². The first-order valence-electron chi connectivity index (χ1n) is 5.09. The summed E-state index contributed by atoms with van der Waals surface area (Å²) in [5.41, 5.74) is -0.709. The van der Waals surface area contributed by atoms with Crippen LogP contribution >= 0.6 is 0 Å². The van der Waals surface area contributed by atoms with Crippen LogP contribution in [0.5, 0.6) is 0 Å². The molecule has 0 aliphatic carbocycles. The molecule has 1 aromatic heterocycles. The molecule has 2 N–H and O–H groups in total. The Kier molecular flexibility index (Phi) is 4.42. The van der Waals surface area contributed by atoms with Gasteiger partial charge in [-0.25, -0.2) is 9.18 Å². The quantitative estimate of drug-likeness (QED) is 0.754. The summed E-state index contributed by atoms with van der Waals surface area (Å²) in [6.45, 7) is 0.801. The average molecular weight is 230 g/mol. The second-order valence-electron chi connectivity index (χ2n) is 3.65. The monoisotopic (exact) mass is 230 g/mol. The fraction of sp³-hybridized carbons (Fsp3) is 0.600. The van der Waals surface area contributed by atoms with E-state index in [9.17, 15) is 14.0 Å². The van der Waals surface area contributed by atoms with Crippen LogP contribution in [0.3, 0.4) is 0 Å². The molecule has 16 heavy (non-hydrogen) atoms. The van der Waals surface area contributed by atoms with Gasteiger partial charge in [0.2, 0.25) is 0 Å². The smallest absolute Gasteiger partial charge is 0.328 e. The molecule has 0 saturated heterocycles. The second-order valence-corrected chi connectivity index (χ2v) is 3.65. The minimum absolute atomic E-state index is 0.0480. The predicted molar refractivity (Wildman–Crippen MR) is 57.4 cm³/mol. The molecule has 1 heterocycles. The summed E-state index contributed by atoms with van der Waals surface area (Å²) in [5.74, 6) is 0. The molecule has 0 fully saturated rings. The second kappa shape index (κ2) is 5.60. The van der Waals surface area contributed by atoms with Crippen molar-refractivity contribution >= 4 is 0 Å². The summed E-state index contributed by atoms with van der Waals surface area (Å²) in [5, 5.41) is 8.66. The number of aliphatic hydroxyl groups excluding tert-OH is 1. The topological polar surface area (TPSA) is 75.1 Å². The highest BCUT2D eigenvalue weighted by molar-refractivity contribution is 5.01. The molecule has 1 rings (SSSR count). The third-order valence-corrected chi connectivity index (χ3v) is 2.41. The van der Waals surface area contributed by atoms with Gasteiger partial charge in [-0.1, -0.05) is 0 Å². The molecule has 0 amide bonds. The Bertz CT molecular complexity index is 452. The Morgan fingerprint density at radius 3 is 2.81 bits per heavy atom. The molecule has 0 bridgehead atoms. The zero-order valence-electron chi connectivity index (χ0n) is 9.07. The molecular formula is C10H15FN2O3. The van der Waals surface area contributed by atoms with Crippen molar-refractivity contribution in [3.8, 4) is 0 Å². The van der Waals surface area contributed by atoms with Crippen molar-refractivity contribution in [3.63, 3.8) is 0 Å². The number of rotatable bonds is 5. The number of nitrogens with one attached hydrogen (secondary N) is 1. The first kappa shape index (κ1) is 12.6. The van der Waals surface area contributed by atoms with Crippen LogP contribution in [-0.2, 0) is 0 Å². The minimum atomic E-state index is -0.703. The fourth-order valence-corrected chi connectivity index (χ4v) is 1.47. The first-order chi connectivity index (χ1) is 7.60. The van der Waals surface area contributed by atoms with E-state index in [2.05, 4.69) is 4.98 Å². The van der Waals surface area contributed by atoms with E-state index in [0.717, 1.165) is 0 Å². The molecule has 0 aromatic carbocycles. The summed E-state index contributed by atoms with van der Waals surface area (Å²) in [6.07, 6.45) is 2.13. The highest BCUT2D eigenvalue weighted by Crippen LogP contribution is 2.11. The number of H-pyrrole nitrogens is 1. The lowest BCUT2D eigenvalue weighted by Gasteiger charge is -2.15. The van der Waals surface area contributed by atoms with E-state index in [-0.39, 0.29) is 6.61 Å². The van der Waals surface area contributed by atoms with Gasteiger partial charge in [0.25, 0.3) is 5.56 Å². The summed E-state index contributed by atoms with van der Waals surface area (Å²) >= 11 is 0. The van der Waals surface area contributed by atoms with E-state index in [1.54, 1.807) is 6.92 Å². The van der Waals surface area contributed by atoms with Crippen LogP contribution in [-0.4, -0.2) is 27.9 Å². The first-order valence-corrected chi connectivity index (χ1v) is 5.09. The van der Waals surface area contributed by atoms with Gasteiger partial charge in [0, 0.05) is 18.4 Å². The maximum Gasteiger partial charge on any atom is 0.328 e. The molecule has 1 atom stereocenters. The van der Waals surface area contributed by atoms with Gasteiger partial charge in [-0.05, 0) is 19.8 Å². The molecule has 1 unspecified atom stereocenters. The molecule has 1 aromatic rings. The lowest BCUT2D eigenvalue weighted by Crippen LogP contribution is -2.34. The van der Waals surface area contributed by atoms with Crippen LogP contribution in [0, 0.1) is 6.92 Å². The molecular weight excluding hydrogens is 215 g/mol. The number of hydrogen-bond donors (Lipinski definition) is 2. The lowest BCUT2D eigenvalue weighted by molar-refractivity contribution is 0.254. The Balaban J connectivity index is 3.05. The van der Waals surface area contributed by atoms with Crippen molar-refractivity contribution in [1.29, 1.82) is 0 Å². The number of aliphatic hydroxyl groups is 1. The molecule has 5 nitrogen and oxygen atoms in total. The van der Waals surface area contributed by atoms with E-state index in [1.807, 2.05) is 0 Å². The summed E-state index contributed by atoms with van der Waals surface area (Å²) < 4.78 is 13.9. The normalized spacial score (nSPS) is 12.7. The zero-order chi connectivity index (χ0) is 12.1. The average Bonchev–Trinajstić information content (AvgIpc) is 2.26. The van der Waals surface area contributed by atoms with Gasteiger partial charge in [-0.2, -0.15) is 0 Å². The molecule has 0 saturated carbocycles. The van der Waals surface area contributed by atoms with Gasteiger partial charge in [0.1, 0.15) is 6.67 Å². The fourth-order valence-electron chi connectivity index (χ4n) is 1.47. The zero-order valence-corrected chi connectivity index (χ0v) is 9.07. The van der Waals surface area contributed by atoms with Crippen LogP contribution in [0.4, 0.5) is 4.39 Å². The van der Waals surface area contributed by atoms with Crippen molar-refractivity contribution in [3.05, 3.63) is 32.6 Å². The molecule has 0 aliphatic rings. The van der Waals surface area contributed by atoms with Crippen molar-refractivity contribution in [1.82, 2.24) is 9.55 Å². The molecule has 90 valence electrons. The van der Waals surface area contributed by atoms with Gasteiger partial charge >= 0.3 is 5.69 Å². The van der Waals surface area contributed by atoms with E-state index >= 15 is 0 Å². The highest BCUT2D eigenvalue weighted by atomic mass is 19.1. The third kappa shape index (κ3) is 2.79. The molecule has 0 radical (unpaired) electrons. The van der Waals surface area contributed by atoms with Crippen LogP contribution in [0.2, 0.25) is 0 Å². The number of alkyl halides is 1. The molecule has 0 spiro atoms. The standard InChI is InChI=1S/C10H15FN2O3/c1-7-6-13(10(16)12-9(7)15)8(5-11)3-2-4-14/h6,8,14H,2-5H2,1H3,(H,12,15,16). The van der Waals surface area contributed by atoms with Crippen molar-refractivity contribution in [2.75, 3.05) is 13.3 Å². The van der Waals surface area contributed by atoms with Crippen LogP contribution in [0.25, 0.3) is 0 Å². The van der Waals surface area contributed by atoms with Crippen LogP contribution in [0.15, 0.2) is 15.8 Å². The van der Waals surface area contributed by atoms with Gasteiger partial charge in [0.05, 0.1) is 6.04 Å². The van der Waals surface area contributed by atoms with Crippen molar-refractivity contribution in [2.45, 2.75) is 25.8 Å². The van der Waals surface area contributed by atoms with Gasteiger partial charge in [-0.15, -0.1) is 0 Å². The largest absolute Gasteiger partial charge is 0.396 e. The van der Waals surface area contributed by atoms with E-state index < -0.39 is 24.0 Å². The number of aromatic nitrogens is 2. The summed E-state index contributed by atoms with van der Waals surface area (Å²) in [7, 11) is 0. The van der Waals surface area contributed by atoms with Crippen LogP contribution in [0.1, 0.15) is 24.4 Å². The maximum absolute atomic E-state index is 12.7. The maximum atomic E-state index is 12.7. The van der Waals surface area contributed by atoms with Gasteiger partial charge in [-0.3, -0.25) is 14.3 Å². The van der Waals surface area contributed by atoms with E-state index in [0.29, 0.717) is 18.4 Å². The third-order valence-electron chi connectivity index (χ3n) is 2.41. The molecule has 0 aliphatic heterocycles. The number of nitrogens with zero attached hydrogens (tertiary/aromatic N) is 1. The Labute approximate surface area is 91.6 Å². The van der Waals surface area contributed by atoms with Gasteiger partial charge in [0.15, 0.2) is 0 Å². The Morgan fingerprint density at radius 2 is 2.25 bits per heavy atom. The summed E-state index contributed by atoms with van der Waals surface area (Å²) in [6, 6.07) is -0.629. The lowest BCUT2D eigenvalue weighted by atomic mass is 10.2. The highest BCUT2D eigenvalue weighted by Gasteiger charge is 2.13. The van der Waals surface area contributed by atoms with Crippen LogP contribution < -0.4 is 11.2 Å². The predicted octanol–water partition coefficient (Wildman–Crippen LogP) is 0.128. The Hall–Kier alpha value is -1.43. The number of aryl methyl sites for hydroxylation is 1.